The second-order valence-electron chi connectivity index (χ2n) is 6.40. The largest absolute Gasteiger partial charge is 0.376 e. The van der Waals surface area contributed by atoms with Crippen LogP contribution in [0.2, 0.25) is 0 Å². The highest BCUT2D eigenvalue weighted by Gasteiger charge is 2.24. The first-order valence-electron chi connectivity index (χ1n) is 8.80. The summed E-state index contributed by atoms with van der Waals surface area (Å²) < 4.78 is 5.71. The van der Waals surface area contributed by atoms with Crippen molar-refractivity contribution in [3.63, 3.8) is 0 Å². The fourth-order valence-corrected chi connectivity index (χ4v) is 3.06. The summed E-state index contributed by atoms with van der Waals surface area (Å²) in [6.07, 6.45) is 3.76. The Hall–Kier alpha value is -2.73. The molecular formula is C20H23N3O3. The lowest BCUT2D eigenvalue weighted by Gasteiger charge is -2.25. The molecule has 1 saturated heterocycles. The number of nitrogens with zero attached hydrogens (tertiary/aromatic N) is 2. The summed E-state index contributed by atoms with van der Waals surface area (Å²) in [6.45, 7) is 3.14. The first kappa shape index (κ1) is 18.1. The number of aromatic nitrogens is 1. The van der Waals surface area contributed by atoms with Gasteiger partial charge in [0.2, 0.25) is 5.91 Å². The summed E-state index contributed by atoms with van der Waals surface area (Å²) in [5, 5.41) is 2.72. The predicted molar refractivity (Wildman–Crippen MR) is 98.7 cm³/mol. The second-order valence-corrected chi connectivity index (χ2v) is 6.40. The Kier molecular flexibility index (Phi) is 5.96. The van der Waals surface area contributed by atoms with Crippen LogP contribution in [0, 0.1) is 0 Å². The molecule has 1 fully saturated rings. The van der Waals surface area contributed by atoms with Crippen molar-refractivity contribution < 1.29 is 14.3 Å². The average Bonchev–Trinajstić information content (AvgIpc) is 3.14. The van der Waals surface area contributed by atoms with Gasteiger partial charge in [-0.15, -0.1) is 0 Å². The van der Waals surface area contributed by atoms with Crippen LogP contribution in [0.3, 0.4) is 0 Å². The van der Waals surface area contributed by atoms with Gasteiger partial charge in [0.25, 0.3) is 5.91 Å². The Bertz CT molecular complexity index is 758. The zero-order chi connectivity index (χ0) is 18.4. The van der Waals surface area contributed by atoms with Crippen LogP contribution in [0.15, 0.2) is 48.7 Å². The van der Waals surface area contributed by atoms with Crippen LogP contribution in [0.1, 0.15) is 35.8 Å². The number of ether oxygens (including phenoxy) is 1. The van der Waals surface area contributed by atoms with Gasteiger partial charge in [-0.3, -0.25) is 14.6 Å². The van der Waals surface area contributed by atoms with E-state index < -0.39 is 0 Å². The molecule has 2 amide bonds. The Morgan fingerprint density at radius 3 is 2.85 bits per heavy atom. The summed E-state index contributed by atoms with van der Waals surface area (Å²) in [5.41, 5.74) is 1.97. The third-order valence-electron chi connectivity index (χ3n) is 4.24. The predicted octanol–water partition coefficient (Wildman–Crippen LogP) is 2.86. The number of anilines is 1. The van der Waals surface area contributed by atoms with E-state index in [0.29, 0.717) is 24.3 Å². The highest BCUT2D eigenvalue weighted by Crippen LogP contribution is 2.18. The fourth-order valence-electron chi connectivity index (χ4n) is 3.06. The lowest BCUT2D eigenvalue weighted by Crippen LogP contribution is -2.37. The van der Waals surface area contributed by atoms with Crippen LogP contribution in [-0.4, -0.2) is 41.0 Å². The highest BCUT2D eigenvalue weighted by atomic mass is 16.5. The first-order chi connectivity index (χ1) is 12.6. The monoisotopic (exact) mass is 353 g/mol. The van der Waals surface area contributed by atoms with Crippen molar-refractivity contribution in [3.05, 3.63) is 59.9 Å². The van der Waals surface area contributed by atoms with Crippen molar-refractivity contribution in [2.24, 2.45) is 0 Å². The molecule has 1 aromatic heterocycles. The van der Waals surface area contributed by atoms with E-state index in [1.807, 2.05) is 18.2 Å². The number of hydrogen-bond donors (Lipinski definition) is 1. The Morgan fingerprint density at radius 1 is 1.27 bits per heavy atom. The Balaban J connectivity index is 1.80. The van der Waals surface area contributed by atoms with Crippen LogP contribution >= 0.6 is 0 Å². The lowest BCUT2D eigenvalue weighted by molar-refractivity contribution is -0.114. The molecular weight excluding hydrogens is 330 g/mol. The molecule has 1 aromatic carbocycles. The summed E-state index contributed by atoms with van der Waals surface area (Å²) in [7, 11) is 0. The van der Waals surface area contributed by atoms with Crippen LogP contribution < -0.4 is 5.32 Å². The van der Waals surface area contributed by atoms with Crippen molar-refractivity contribution in [2.75, 3.05) is 18.5 Å². The van der Waals surface area contributed by atoms with E-state index in [1.54, 1.807) is 35.4 Å². The van der Waals surface area contributed by atoms with Gasteiger partial charge in [-0.1, -0.05) is 12.1 Å². The van der Waals surface area contributed by atoms with Gasteiger partial charge in [-0.05, 0) is 43.2 Å². The van der Waals surface area contributed by atoms with Crippen LogP contribution in [0.5, 0.6) is 0 Å². The van der Waals surface area contributed by atoms with Crippen molar-refractivity contribution >= 4 is 17.5 Å². The first-order valence-corrected chi connectivity index (χ1v) is 8.80. The minimum Gasteiger partial charge on any atom is -0.376 e. The maximum atomic E-state index is 13.1. The van der Waals surface area contributed by atoms with E-state index in [4.69, 9.17) is 4.74 Å². The molecule has 136 valence electrons. The Morgan fingerprint density at radius 2 is 2.15 bits per heavy atom. The quantitative estimate of drug-likeness (QED) is 0.867. The summed E-state index contributed by atoms with van der Waals surface area (Å²) in [5.74, 6) is -0.266. The SMILES string of the molecule is CC(=O)Nc1cccc(C(=O)N(Cc2ccccn2)CC2CCCO2)c1. The lowest BCUT2D eigenvalue weighted by atomic mass is 10.1. The number of nitrogens with one attached hydrogen (secondary N) is 1. The van der Waals surface area contributed by atoms with Gasteiger partial charge >= 0.3 is 0 Å². The number of pyridine rings is 1. The van der Waals surface area contributed by atoms with Crippen LogP contribution in [0.4, 0.5) is 5.69 Å². The second kappa shape index (κ2) is 8.58. The summed E-state index contributed by atoms with van der Waals surface area (Å²) >= 11 is 0. The molecule has 2 heterocycles. The van der Waals surface area contributed by atoms with Gasteiger partial charge in [0, 0.05) is 37.5 Å². The maximum Gasteiger partial charge on any atom is 0.254 e. The van der Waals surface area contributed by atoms with E-state index in [0.717, 1.165) is 25.1 Å². The molecule has 6 heteroatoms. The molecule has 1 N–H and O–H groups in total. The number of carbonyl (C=O) groups is 2. The molecule has 0 bridgehead atoms. The average molecular weight is 353 g/mol. The zero-order valence-corrected chi connectivity index (χ0v) is 14.9. The topological polar surface area (TPSA) is 71.5 Å². The van der Waals surface area contributed by atoms with Gasteiger partial charge in [0.05, 0.1) is 18.3 Å². The Labute approximate surface area is 153 Å². The minimum atomic E-state index is -0.167. The van der Waals surface area contributed by atoms with Crippen molar-refractivity contribution in [3.8, 4) is 0 Å². The molecule has 0 aliphatic carbocycles. The van der Waals surface area contributed by atoms with Crippen LogP contribution in [0.25, 0.3) is 0 Å². The normalized spacial score (nSPS) is 16.3. The van der Waals surface area contributed by atoms with Crippen LogP contribution in [-0.2, 0) is 16.1 Å². The number of carbonyl (C=O) groups excluding carboxylic acids is 2. The molecule has 6 nitrogen and oxygen atoms in total. The van der Waals surface area contributed by atoms with E-state index in [9.17, 15) is 9.59 Å². The molecule has 26 heavy (non-hydrogen) atoms. The smallest absolute Gasteiger partial charge is 0.254 e. The minimum absolute atomic E-state index is 0.0567. The number of amides is 2. The number of benzene rings is 1. The molecule has 1 unspecified atom stereocenters. The third-order valence-corrected chi connectivity index (χ3v) is 4.24. The summed E-state index contributed by atoms with van der Waals surface area (Å²) in [4.78, 5) is 30.5. The molecule has 0 radical (unpaired) electrons. The molecule has 3 rings (SSSR count). The molecule has 0 spiro atoms. The summed E-state index contributed by atoms with van der Waals surface area (Å²) in [6, 6.07) is 12.7. The number of hydrogen-bond acceptors (Lipinski definition) is 4. The molecule has 1 aliphatic rings. The van der Waals surface area contributed by atoms with E-state index >= 15 is 0 Å². The molecule has 2 aromatic rings. The fraction of sp³-hybridized carbons (Fsp3) is 0.350. The third kappa shape index (κ3) is 4.89. The van der Waals surface area contributed by atoms with E-state index in [2.05, 4.69) is 10.3 Å². The van der Waals surface area contributed by atoms with Gasteiger partial charge in [0.1, 0.15) is 0 Å². The van der Waals surface area contributed by atoms with Crippen molar-refractivity contribution in [1.29, 1.82) is 0 Å². The van der Waals surface area contributed by atoms with Crippen molar-refractivity contribution in [1.82, 2.24) is 9.88 Å². The standard InChI is InChI=1S/C20H23N3O3/c1-15(24)22-17-8-4-6-16(12-17)20(25)23(14-19-9-5-11-26-19)13-18-7-2-3-10-21-18/h2-4,6-8,10,12,19H,5,9,11,13-14H2,1H3,(H,22,24). The highest BCUT2D eigenvalue weighted by molar-refractivity contribution is 5.96. The molecule has 1 atom stereocenters. The van der Waals surface area contributed by atoms with E-state index in [-0.39, 0.29) is 17.9 Å². The van der Waals surface area contributed by atoms with Gasteiger partial charge < -0.3 is 15.0 Å². The maximum absolute atomic E-state index is 13.1. The molecule has 0 saturated carbocycles. The number of rotatable bonds is 6. The van der Waals surface area contributed by atoms with Gasteiger partial charge in [0.15, 0.2) is 0 Å². The van der Waals surface area contributed by atoms with E-state index in [1.165, 1.54) is 6.92 Å². The van der Waals surface area contributed by atoms with Gasteiger partial charge in [-0.25, -0.2) is 0 Å². The molecule has 1 aliphatic heterocycles. The van der Waals surface area contributed by atoms with Gasteiger partial charge in [-0.2, -0.15) is 0 Å². The van der Waals surface area contributed by atoms with Crippen molar-refractivity contribution in [2.45, 2.75) is 32.4 Å². The zero-order valence-electron chi connectivity index (χ0n) is 14.9.